The predicted molar refractivity (Wildman–Crippen MR) is 110 cm³/mol. The van der Waals surface area contributed by atoms with Gasteiger partial charge in [0.1, 0.15) is 6.29 Å². The molecule has 0 saturated carbocycles. The van der Waals surface area contributed by atoms with Crippen molar-refractivity contribution in [2.24, 2.45) is 0 Å². The van der Waals surface area contributed by atoms with Gasteiger partial charge in [0.25, 0.3) is 5.91 Å². The Morgan fingerprint density at radius 2 is 1.68 bits per heavy atom. The zero-order chi connectivity index (χ0) is 20.6. The van der Waals surface area contributed by atoms with E-state index in [1.54, 1.807) is 0 Å². The normalized spacial score (nSPS) is 12.8. The number of rotatable bonds is 15. The molecule has 0 aliphatic carbocycles. The highest BCUT2D eigenvalue weighted by atomic mass is 16.3. The summed E-state index contributed by atoms with van der Waals surface area (Å²) < 4.78 is 0. The molecule has 0 aliphatic heterocycles. The predicted octanol–water partition coefficient (Wildman–Crippen LogP) is 2.88. The fourth-order valence-corrected chi connectivity index (χ4v) is 2.96. The molecule has 2 amide bonds. The molecule has 0 radical (unpaired) electrons. The van der Waals surface area contributed by atoms with E-state index >= 15 is 0 Å². The molecule has 0 saturated heterocycles. The van der Waals surface area contributed by atoms with E-state index in [0.29, 0.717) is 12.7 Å². The lowest BCUT2D eigenvalue weighted by Crippen LogP contribution is -2.50. The fourth-order valence-electron chi connectivity index (χ4n) is 2.96. The molecule has 0 aliphatic rings. The van der Waals surface area contributed by atoms with Crippen LogP contribution in [0.25, 0.3) is 0 Å². The average Bonchev–Trinajstić information content (AvgIpc) is 2.71. The highest BCUT2D eigenvalue weighted by Crippen LogP contribution is 2.09. The van der Waals surface area contributed by atoms with Gasteiger partial charge in [-0.2, -0.15) is 0 Å². The number of carbonyl (C=O) groups is 3. The number of amides is 2. The highest BCUT2D eigenvalue weighted by molar-refractivity contribution is 5.83. The largest absolute Gasteiger partial charge is 0.381 e. The van der Waals surface area contributed by atoms with Gasteiger partial charge in [-0.15, -0.1) is 0 Å². The monoisotopic (exact) mass is 390 g/mol. The summed E-state index contributed by atoms with van der Waals surface area (Å²) in [5, 5.41) is 15.5. The van der Waals surface area contributed by atoms with Crippen LogP contribution >= 0.6 is 0 Å². The van der Waals surface area contributed by atoms with E-state index in [-0.39, 0.29) is 18.9 Å². The van der Waals surface area contributed by atoms with Crippen molar-refractivity contribution >= 4 is 18.1 Å². The third kappa shape index (κ3) is 10.2. The Morgan fingerprint density at radius 1 is 1.04 bits per heavy atom. The molecule has 1 rings (SSSR count). The molecule has 6 heteroatoms. The fraction of sp³-hybridized carbons (Fsp3) is 0.591. The van der Waals surface area contributed by atoms with E-state index in [2.05, 4.69) is 17.6 Å². The molecule has 28 heavy (non-hydrogen) atoms. The third-order valence-corrected chi connectivity index (χ3v) is 4.66. The van der Waals surface area contributed by atoms with Crippen LogP contribution in [0.5, 0.6) is 0 Å². The smallest absolute Gasteiger partial charge is 0.251 e. The molecule has 6 nitrogen and oxygen atoms in total. The first-order chi connectivity index (χ1) is 13.6. The van der Waals surface area contributed by atoms with Gasteiger partial charge in [-0.3, -0.25) is 9.59 Å². The van der Waals surface area contributed by atoms with Gasteiger partial charge < -0.3 is 20.5 Å². The van der Waals surface area contributed by atoms with Gasteiger partial charge in [-0.25, -0.2) is 0 Å². The van der Waals surface area contributed by atoms with E-state index in [9.17, 15) is 19.5 Å². The van der Waals surface area contributed by atoms with Crippen molar-refractivity contribution in [1.29, 1.82) is 0 Å². The van der Waals surface area contributed by atoms with Crippen LogP contribution in [-0.2, 0) is 20.9 Å². The van der Waals surface area contributed by atoms with Crippen LogP contribution in [0.15, 0.2) is 30.3 Å². The van der Waals surface area contributed by atoms with Crippen molar-refractivity contribution in [3.05, 3.63) is 35.9 Å². The molecule has 0 spiro atoms. The zero-order valence-corrected chi connectivity index (χ0v) is 16.9. The molecular formula is C22H34N2O4. The number of aldehydes is 1. The summed E-state index contributed by atoms with van der Waals surface area (Å²) in [6, 6.07) is 8.40. The second-order valence-corrected chi connectivity index (χ2v) is 7.10. The number of aliphatic hydroxyl groups is 1. The van der Waals surface area contributed by atoms with Gasteiger partial charge in [0.15, 0.2) is 6.10 Å². The Bertz CT molecular complexity index is 577. The van der Waals surface area contributed by atoms with Crippen molar-refractivity contribution in [3.63, 3.8) is 0 Å². The number of benzene rings is 1. The first kappa shape index (κ1) is 23.8. The second-order valence-electron chi connectivity index (χ2n) is 7.10. The summed E-state index contributed by atoms with van der Waals surface area (Å²) in [7, 11) is 0. The second kappa shape index (κ2) is 14.8. The van der Waals surface area contributed by atoms with Crippen LogP contribution < -0.4 is 10.6 Å². The molecular weight excluding hydrogens is 356 g/mol. The van der Waals surface area contributed by atoms with Crippen LogP contribution in [0.4, 0.5) is 0 Å². The number of carbonyl (C=O) groups excluding carboxylic acids is 3. The molecule has 156 valence electrons. The minimum absolute atomic E-state index is 0.108. The average molecular weight is 391 g/mol. The SMILES string of the molecule is CCCCCCCCCC(=O)N[C@H](CC=O)C(O)C(=O)NCc1ccccc1. The van der Waals surface area contributed by atoms with E-state index < -0.39 is 18.1 Å². The van der Waals surface area contributed by atoms with Crippen LogP contribution in [0, 0.1) is 0 Å². The van der Waals surface area contributed by atoms with E-state index in [1.165, 1.54) is 25.7 Å². The Hall–Kier alpha value is -2.21. The summed E-state index contributed by atoms with van der Waals surface area (Å²) in [5.74, 6) is -0.845. The van der Waals surface area contributed by atoms with Crippen molar-refractivity contribution in [2.45, 2.75) is 83.4 Å². The molecule has 1 aromatic carbocycles. The highest BCUT2D eigenvalue weighted by Gasteiger charge is 2.27. The van der Waals surface area contributed by atoms with Gasteiger partial charge in [0, 0.05) is 19.4 Å². The minimum Gasteiger partial charge on any atom is -0.381 e. The summed E-state index contributed by atoms with van der Waals surface area (Å²) in [6.07, 6.45) is 7.09. The number of unbranched alkanes of at least 4 members (excludes halogenated alkanes) is 6. The van der Waals surface area contributed by atoms with Crippen molar-refractivity contribution in [3.8, 4) is 0 Å². The summed E-state index contributed by atoms with van der Waals surface area (Å²) in [5.41, 5.74) is 0.901. The molecule has 0 fully saturated rings. The summed E-state index contributed by atoms with van der Waals surface area (Å²) in [6.45, 7) is 2.45. The molecule has 0 heterocycles. The van der Waals surface area contributed by atoms with Gasteiger partial charge in [0.2, 0.25) is 5.91 Å². The van der Waals surface area contributed by atoms with Gasteiger partial charge in [0.05, 0.1) is 6.04 Å². The van der Waals surface area contributed by atoms with Crippen LogP contribution in [0.3, 0.4) is 0 Å². The van der Waals surface area contributed by atoms with Crippen LogP contribution in [0.2, 0.25) is 0 Å². The maximum absolute atomic E-state index is 12.2. The first-order valence-electron chi connectivity index (χ1n) is 10.3. The van der Waals surface area contributed by atoms with Gasteiger partial charge >= 0.3 is 0 Å². The molecule has 1 unspecified atom stereocenters. The van der Waals surface area contributed by atoms with Crippen molar-refractivity contribution < 1.29 is 19.5 Å². The van der Waals surface area contributed by atoms with Crippen molar-refractivity contribution in [2.75, 3.05) is 0 Å². The number of aliphatic hydroxyl groups excluding tert-OH is 1. The van der Waals surface area contributed by atoms with Gasteiger partial charge in [-0.1, -0.05) is 75.8 Å². The van der Waals surface area contributed by atoms with Crippen LogP contribution in [0.1, 0.15) is 70.3 Å². The van der Waals surface area contributed by atoms with Gasteiger partial charge in [-0.05, 0) is 12.0 Å². The lowest BCUT2D eigenvalue weighted by molar-refractivity contribution is -0.132. The number of hydrogen-bond donors (Lipinski definition) is 3. The molecule has 0 aromatic heterocycles. The van der Waals surface area contributed by atoms with Crippen LogP contribution in [-0.4, -0.2) is 35.4 Å². The lowest BCUT2D eigenvalue weighted by atomic mass is 10.1. The lowest BCUT2D eigenvalue weighted by Gasteiger charge is -2.22. The molecule has 3 N–H and O–H groups in total. The first-order valence-corrected chi connectivity index (χ1v) is 10.3. The zero-order valence-electron chi connectivity index (χ0n) is 16.9. The summed E-state index contributed by atoms with van der Waals surface area (Å²) in [4.78, 5) is 35.2. The number of hydrogen-bond acceptors (Lipinski definition) is 4. The Balaban J connectivity index is 2.35. The topological polar surface area (TPSA) is 95.5 Å². The third-order valence-electron chi connectivity index (χ3n) is 4.66. The van der Waals surface area contributed by atoms with E-state index in [1.807, 2.05) is 30.3 Å². The van der Waals surface area contributed by atoms with E-state index in [4.69, 9.17) is 0 Å². The molecule has 2 atom stereocenters. The Kier molecular flexibility index (Phi) is 12.6. The number of nitrogens with one attached hydrogen (secondary N) is 2. The Labute approximate surface area is 168 Å². The maximum Gasteiger partial charge on any atom is 0.251 e. The minimum atomic E-state index is -1.47. The maximum atomic E-state index is 12.2. The van der Waals surface area contributed by atoms with E-state index in [0.717, 1.165) is 24.8 Å². The quantitative estimate of drug-likeness (QED) is 0.317. The molecule has 1 aromatic rings. The molecule has 0 bridgehead atoms. The van der Waals surface area contributed by atoms with Crippen molar-refractivity contribution in [1.82, 2.24) is 10.6 Å². The summed E-state index contributed by atoms with van der Waals surface area (Å²) >= 11 is 0. The standard InChI is InChI=1S/C22H34N2O4/c1-2-3-4-5-6-7-11-14-20(26)24-19(15-16-25)21(27)22(28)23-17-18-12-9-8-10-13-18/h8-10,12-13,16,19,21,27H,2-7,11,14-15,17H2,1H3,(H,23,28)(H,24,26)/t19-,21?/m1/s1. The Morgan fingerprint density at radius 3 is 2.32 bits per heavy atom.